The first-order chi connectivity index (χ1) is 13.8. The van der Waals surface area contributed by atoms with Crippen LogP contribution in [0.5, 0.6) is 0 Å². The number of nitrogens with zero attached hydrogens (tertiary/aromatic N) is 2. The van der Waals surface area contributed by atoms with Crippen molar-refractivity contribution < 1.29 is 24.0 Å². The summed E-state index contributed by atoms with van der Waals surface area (Å²) in [5.41, 5.74) is 0.128. The van der Waals surface area contributed by atoms with Crippen LogP contribution in [0.15, 0.2) is 59.3 Å². The molecule has 0 spiro atoms. The van der Waals surface area contributed by atoms with Crippen LogP contribution < -0.4 is 10.2 Å². The first-order valence-electron chi connectivity index (χ1n) is 8.40. The molecule has 0 fully saturated rings. The number of halogens is 1. The molecular weight excluding hydrogens is 402 g/mol. The van der Waals surface area contributed by atoms with Gasteiger partial charge in [0.15, 0.2) is 0 Å². The number of rotatable bonds is 6. The van der Waals surface area contributed by atoms with Crippen LogP contribution in [0.2, 0.25) is 0 Å². The molecule has 0 bridgehead atoms. The first kappa shape index (κ1) is 20.0. The van der Waals surface area contributed by atoms with Crippen molar-refractivity contribution in [1.29, 1.82) is 0 Å². The zero-order chi connectivity index (χ0) is 21.1. The van der Waals surface area contributed by atoms with Gasteiger partial charge in [0.1, 0.15) is 10.7 Å². The molecule has 1 N–H and O–H groups in total. The molecule has 29 heavy (non-hydrogen) atoms. The Kier molecular flexibility index (Phi) is 5.60. The van der Waals surface area contributed by atoms with Gasteiger partial charge in [0, 0.05) is 17.8 Å². The second-order valence-corrected chi connectivity index (χ2v) is 6.22. The van der Waals surface area contributed by atoms with Crippen LogP contribution in [0.4, 0.5) is 17.1 Å². The molecule has 2 aromatic carbocycles. The third-order valence-electron chi connectivity index (χ3n) is 3.97. The van der Waals surface area contributed by atoms with Crippen molar-refractivity contribution in [3.8, 4) is 0 Å². The Morgan fingerprint density at radius 2 is 1.90 bits per heavy atom. The summed E-state index contributed by atoms with van der Waals surface area (Å²) in [6.45, 7) is 1.88. The Labute approximate surface area is 169 Å². The Morgan fingerprint density at radius 3 is 2.59 bits per heavy atom. The third-order valence-corrected chi connectivity index (χ3v) is 4.32. The number of hydrogen-bond donors (Lipinski definition) is 1. The van der Waals surface area contributed by atoms with E-state index in [1.54, 1.807) is 19.1 Å². The Balaban J connectivity index is 1.88. The fraction of sp³-hybridized carbons (Fsp3) is 0.105. The molecule has 0 unspecified atom stereocenters. The van der Waals surface area contributed by atoms with E-state index in [2.05, 4.69) is 5.32 Å². The summed E-state index contributed by atoms with van der Waals surface area (Å²) >= 11 is 6.05. The van der Waals surface area contributed by atoms with E-state index in [1.807, 2.05) is 0 Å². The highest BCUT2D eigenvalue weighted by atomic mass is 35.5. The van der Waals surface area contributed by atoms with Crippen molar-refractivity contribution >= 4 is 46.4 Å². The van der Waals surface area contributed by atoms with Gasteiger partial charge in [-0.15, -0.1) is 0 Å². The molecule has 0 saturated carbocycles. The zero-order valence-corrected chi connectivity index (χ0v) is 15.8. The number of esters is 1. The molecule has 0 aliphatic carbocycles. The molecule has 0 saturated heterocycles. The fourth-order valence-corrected chi connectivity index (χ4v) is 2.89. The lowest BCUT2D eigenvalue weighted by Gasteiger charge is -2.15. The number of hydrogen-bond acceptors (Lipinski definition) is 7. The molecule has 148 valence electrons. The lowest BCUT2D eigenvalue weighted by molar-refractivity contribution is -0.384. The van der Waals surface area contributed by atoms with E-state index < -0.39 is 22.7 Å². The number of nitro groups is 1. The fourth-order valence-electron chi connectivity index (χ4n) is 2.67. The number of amides is 2. The van der Waals surface area contributed by atoms with Crippen LogP contribution in [0.25, 0.3) is 0 Å². The van der Waals surface area contributed by atoms with Crippen LogP contribution in [0, 0.1) is 10.1 Å². The highest BCUT2D eigenvalue weighted by Crippen LogP contribution is 2.31. The molecule has 0 radical (unpaired) electrons. The van der Waals surface area contributed by atoms with E-state index in [4.69, 9.17) is 16.3 Å². The van der Waals surface area contributed by atoms with Crippen LogP contribution >= 0.6 is 11.6 Å². The molecule has 1 aliphatic rings. The van der Waals surface area contributed by atoms with Crippen LogP contribution in [0.3, 0.4) is 0 Å². The molecule has 2 amide bonds. The number of ether oxygens (including phenoxy) is 1. The molecule has 1 aliphatic heterocycles. The van der Waals surface area contributed by atoms with Crippen LogP contribution in [-0.2, 0) is 14.3 Å². The smallest absolute Gasteiger partial charge is 0.338 e. The van der Waals surface area contributed by atoms with E-state index in [-0.39, 0.29) is 34.3 Å². The molecule has 0 atom stereocenters. The number of imide groups is 1. The zero-order valence-electron chi connectivity index (χ0n) is 15.0. The number of carbonyl (C=O) groups excluding carboxylic acids is 3. The number of benzene rings is 2. The minimum absolute atomic E-state index is 0.0180. The minimum atomic E-state index is -0.818. The maximum Gasteiger partial charge on any atom is 0.338 e. The highest BCUT2D eigenvalue weighted by molar-refractivity contribution is 6.53. The predicted octanol–water partition coefficient (Wildman–Crippen LogP) is 3.21. The maximum absolute atomic E-state index is 12.8. The standard InChI is InChI=1S/C19H14ClN3O6/c1-2-29-19(26)11-5-3-6-12(9-11)21-16-15(20)17(24)22(18(16)25)13-7-4-8-14(10-13)23(27)28/h3-10,21H,2H2,1H3. The van der Waals surface area contributed by atoms with Crippen molar-refractivity contribution in [2.45, 2.75) is 6.92 Å². The van der Waals surface area contributed by atoms with Gasteiger partial charge in [0.05, 0.1) is 22.8 Å². The van der Waals surface area contributed by atoms with Gasteiger partial charge in [-0.05, 0) is 31.2 Å². The summed E-state index contributed by atoms with van der Waals surface area (Å²) in [5.74, 6) is -2.13. The SMILES string of the molecule is CCOC(=O)c1cccc(NC2=C(Cl)C(=O)N(c3cccc([N+](=O)[O-])c3)C2=O)c1. The summed E-state index contributed by atoms with van der Waals surface area (Å²) in [4.78, 5) is 48.2. The molecule has 1 heterocycles. The summed E-state index contributed by atoms with van der Waals surface area (Å²) in [5, 5.41) is 13.3. The van der Waals surface area contributed by atoms with Gasteiger partial charge in [-0.1, -0.05) is 23.7 Å². The number of nitro benzene ring substituents is 1. The summed E-state index contributed by atoms with van der Waals surface area (Å²) in [6.07, 6.45) is 0. The van der Waals surface area contributed by atoms with E-state index >= 15 is 0 Å². The molecule has 0 aromatic heterocycles. The van der Waals surface area contributed by atoms with Gasteiger partial charge in [-0.3, -0.25) is 19.7 Å². The monoisotopic (exact) mass is 415 g/mol. The Hall–Kier alpha value is -3.72. The molecule has 9 nitrogen and oxygen atoms in total. The minimum Gasteiger partial charge on any atom is -0.462 e. The topological polar surface area (TPSA) is 119 Å². The third kappa shape index (κ3) is 3.94. The van der Waals surface area contributed by atoms with Gasteiger partial charge in [0.25, 0.3) is 17.5 Å². The number of nitrogens with one attached hydrogen (secondary N) is 1. The molecule has 10 heteroatoms. The van der Waals surface area contributed by atoms with Crippen LogP contribution in [0.1, 0.15) is 17.3 Å². The normalized spacial score (nSPS) is 13.7. The van der Waals surface area contributed by atoms with Crippen molar-refractivity contribution in [2.75, 3.05) is 16.8 Å². The van der Waals surface area contributed by atoms with Gasteiger partial charge < -0.3 is 10.1 Å². The summed E-state index contributed by atoms with van der Waals surface area (Å²) < 4.78 is 4.93. The van der Waals surface area contributed by atoms with Gasteiger partial charge >= 0.3 is 5.97 Å². The number of carbonyl (C=O) groups is 3. The van der Waals surface area contributed by atoms with Gasteiger partial charge in [-0.25, -0.2) is 9.69 Å². The lowest BCUT2D eigenvalue weighted by Crippen LogP contribution is -2.32. The van der Waals surface area contributed by atoms with E-state index in [1.165, 1.54) is 30.3 Å². The van der Waals surface area contributed by atoms with Crippen molar-refractivity contribution in [3.63, 3.8) is 0 Å². The van der Waals surface area contributed by atoms with E-state index in [9.17, 15) is 24.5 Å². The van der Waals surface area contributed by atoms with Gasteiger partial charge in [0.2, 0.25) is 0 Å². The first-order valence-corrected chi connectivity index (χ1v) is 8.78. The predicted molar refractivity (Wildman–Crippen MR) is 104 cm³/mol. The number of non-ortho nitro benzene ring substituents is 1. The quantitative estimate of drug-likeness (QED) is 0.333. The van der Waals surface area contributed by atoms with E-state index in [0.717, 1.165) is 11.0 Å². The second kappa shape index (κ2) is 8.11. The van der Waals surface area contributed by atoms with Crippen molar-refractivity contribution in [1.82, 2.24) is 0 Å². The van der Waals surface area contributed by atoms with E-state index in [0.29, 0.717) is 5.69 Å². The number of anilines is 2. The largest absolute Gasteiger partial charge is 0.462 e. The van der Waals surface area contributed by atoms with Crippen LogP contribution in [-0.4, -0.2) is 29.3 Å². The average molecular weight is 416 g/mol. The Morgan fingerprint density at radius 1 is 1.17 bits per heavy atom. The maximum atomic E-state index is 12.8. The molecule has 2 aromatic rings. The van der Waals surface area contributed by atoms with Crippen molar-refractivity contribution in [2.24, 2.45) is 0 Å². The molecular formula is C19H14ClN3O6. The van der Waals surface area contributed by atoms with Gasteiger partial charge in [-0.2, -0.15) is 0 Å². The molecule has 3 rings (SSSR count). The Bertz CT molecular complexity index is 1070. The second-order valence-electron chi connectivity index (χ2n) is 5.84. The average Bonchev–Trinajstić information content (AvgIpc) is 2.92. The van der Waals surface area contributed by atoms with Crippen molar-refractivity contribution in [3.05, 3.63) is 74.9 Å². The summed E-state index contributed by atoms with van der Waals surface area (Å²) in [7, 11) is 0. The summed E-state index contributed by atoms with van der Waals surface area (Å²) in [6, 6.07) is 11.2. The highest BCUT2D eigenvalue weighted by Gasteiger charge is 2.39. The lowest BCUT2D eigenvalue weighted by atomic mass is 10.2.